The number of benzene rings is 2. The van der Waals surface area contributed by atoms with E-state index in [1.165, 1.54) is 0 Å². The molecule has 0 aliphatic rings. The minimum Gasteiger partial charge on any atom is -0.748 e. The predicted molar refractivity (Wildman–Crippen MR) is 140 cm³/mol. The van der Waals surface area contributed by atoms with E-state index in [9.17, 15) is 0 Å². The van der Waals surface area contributed by atoms with Gasteiger partial charge in [-0.15, -0.1) is 53.6 Å². The van der Waals surface area contributed by atoms with Gasteiger partial charge in [-0.2, -0.15) is 5.69 Å². The molecule has 4 nitrogen and oxygen atoms in total. The van der Waals surface area contributed by atoms with Gasteiger partial charge in [0.05, 0.1) is 20.4 Å². The summed E-state index contributed by atoms with van der Waals surface area (Å²) in [5, 5.41) is 2.43. The molecular formula is C26H35NO3PPdS-. The molecule has 1 N–H and O–H groups in total. The molecule has 184 valence electrons. The van der Waals surface area contributed by atoms with Crippen LogP contribution in [-0.2, 0) is 30.5 Å². The first kappa shape index (κ1) is 31.6. The molecule has 0 fully saturated rings. The maximum atomic E-state index is 9.08. The van der Waals surface area contributed by atoms with Crippen LogP contribution >= 0.6 is 7.92 Å². The second-order valence-electron chi connectivity index (χ2n) is 9.57. The van der Waals surface area contributed by atoms with Crippen LogP contribution in [0.3, 0.4) is 0 Å². The standard InChI is InChI=1S/C13H23P.C12H9N.CH4O3S.Pd/c1-12(2,3)14(13(4,5)6)11-9-7-8-10-11;13-12-9-5-4-8-11(12)10-6-2-1-3-7-10;1-5(2,3)4;/h7-10,14H,1-6H3;1-6,8-9,13H;1H3,(H,2,3,4);/q;-2;;+2/p-1. The van der Waals surface area contributed by atoms with Crippen molar-refractivity contribution >= 4 is 29.0 Å². The summed E-state index contributed by atoms with van der Waals surface area (Å²) in [6, 6.07) is 27.3. The smallest absolute Gasteiger partial charge is 0.748 e. The van der Waals surface area contributed by atoms with E-state index in [0.29, 0.717) is 22.3 Å². The Morgan fingerprint density at radius 1 is 0.879 bits per heavy atom. The molecule has 0 atom stereocenters. The van der Waals surface area contributed by atoms with Gasteiger partial charge in [0.1, 0.15) is 0 Å². The summed E-state index contributed by atoms with van der Waals surface area (Å²) >= 11 is 0. The van der Waals surface area contributed by atoms with E-state index in [1.807, 2.05) is 42.5 Å². The molecule has 3 aromatic rings. The Labute approximate surface area is 215 Å². The molecule has 3 aromatic carbocycles. The Balaban J connectivity index is 0.000000506. The van der Waals surface area contributed by atoms with Crippen LogP contribution in [0, 0.1) is 6.07 Å². The average Bonchev–Trinajstić information content (AvgIpc) is 3.13. The fourth-order valence-electron chi connectivity index (χ4n) is 3.81. The van der Waals surface area contributed by atoms with Gasteiger partial charge in [-0.05, 0) is 54.8 Å². The molecular weight excluding hydrogens is 544 g/mol. The van der Waals surface area contributed by atoms with Gasteiger partial charge >= 0.3 is 20.4 Å². The molecule has 0 aliphatic carbocycles. The third-order valence-corrected chi connectivity index (χ3v) is 8.29. The Bertz CT molecular complexity index is 1020. The summed E-state index contributed by atoms with van der Waals surface area (Å²) in [5.74, 6) is 0. The second-order valence-corrected chi connectivity index (χ2v) is 15.3. The van der Waals surface area contributed by atoms with E-state index in [0.717, 1.165) is 11.1 Å². The van der Waals surface area contributed by atoms with E-state index in [4.69, 9.17) is 18.7 Å². The summed E-state index contributed by atoms with van der Waals surface area (Å²) < 4.78 is 27.2. The van der Waals surface area contributed by atoms with Gasteiger partial charge in [-0.25, -0.2) is 20.6 Å². The van der Waals surface area contributed by atoms with Crippen molar-refractivity contribution in [2.24, 2.45) is 0 Å². The van der Waals surface area contributed by atoms with Gasteiger partial charge in [0, 0.05) is 6.26 Å². The van der Waals surface area contributed by atoms with Crippen LogP contribution in [0.15, 0.2) is 72.8 Å². The zero-order chi connectivity index (χ0) is 24.6. The fourth-order valence-corrected chi connectivity index (χ4v) is 8.32. The van der Waals surface area contributed by atoms with Gasteiger partial charge in [0.25, 0.3) is 0 Å². The van der Waals surface area contributed by atoms with E-state index in [-0.39, 0.29) is 20.4 Å². The van der Waals surface area contributed by atoms with Crippen molar-refractivity contribution in [3.05, 3.63) is 84.6 Å². The Kier molecular flexibility index (Phi) is 12.9. The monoisotopic (exact) mass is 578 g/mol. The molecule has 0 spiro atoms. The molecule has 0 amide bonds. The van der Waals surface area contributed by atoms with Crippen LogP contribution in [-0.4, -0.2) is 29.5 Å². The van der Waals surface area contributed by atoms with Gasteiger partial charge in [0.2, 0.25) is 0 Å². The van der Waals surface area contributed by atoms with Crippen molar-refractivity contribution in [3.63, 3.8) is 0 Å². The van der Waals surface area contributed by atoms with Crippen molar-refractivity contribution in [3.8, 4) is 11.1 Å². The van der Waals surface area contributed by atoms with E-state index < -0.39 is 18.0 Å². The van der Waals surface area contributed by atoms with Crippen LogP contribution in [0.5, 0.6) is 0 Å². The maximum Gasteiger partial charge on any atom is 2.00 e. The SMILES string of the molecule is CC(C)(C)[PH+]([c-]1cccc1)C(C)(C)C.CS(=O)(=O)[O-].[NH-]c1ccccc1-c1[c-]cccc1.[Pd+2]. The minimum atomic E-state index is -3.92. The summed E-state index contributed by atoms with van der Waals surface area (Å²) in [6.07, 6.45) is 0.604. The van der Waals surface area contributed by atoms with Crippen molar-refractivity contribution in [1.82, 2.24) is 0 Å². The molecule has 33 heavy (non-hydrogen) atoms. The van der Waals surface area contributed by atoms with Crippen molar-refractivity contribution in [2.45, 2.75) is 51.9 Å². The van der Waals surface area contributed by atoms with Crippen LogP contribution in [0.25, 0.3) is 16.9 Å². The third-order valence-electron chi connectivity index (χ3n) is 4.38. The van der Waals surface area contributed by atoms with Gasteiger partial charge in [-0.1, -0.05) is 24.3 Å². The second kappa shape index (κ2) is 13.5. The Hall–Kier alpha value is -1.41. The third kappa shape index (κ3) is 12.6. The summed E-state index contributed by atoms with van der Waals surface area (Å²) in [5.41, 5.74) is 10.1. The van der Waals surface area contributed by atoms with Crippen molar-refractivity contribution < 1.29 is 33.4 Å². The molecule has 0 unspecified atom stereocenters. The minimum absolute atomic E-state index is 0. The Morgan fingerprint density at radius 3 is 1.73 bits per heavy atom. The van der Waals surface area contributed by atoms with Crippen molar-refractivity contribution in [1.29, 1.82) is 0 Å². The predicted octanol–water partition coefficient (Wildman–Crippen LogP) is 6.84. The quantitative estimate of drug-likeness (QED) is 0.144. The molecule has 0 aliphatic heterocycles. The van der Waals surface area contributed by atoms with Crippen LogP contribution in [0.4, 0.5) is 5.69 Å². The first-order chi connectivity index (χ1) is 14.6. The summed E-state index contributed by atoms with van der Waals surface area (Å²) in [4.78, 5) is 0. The van der Waals surface area contributed by atoms with E-state index >= 15 is 0 Å². The normalized spacial score (nSPS) is 11.4. The first-order valence-electron chi connectivity index (χ1n) is 10.4. The molecule has 0 saturated carbocycles. The fraction of sp³-hybridized carbons (Fsp3) is 0.346. The molecule has 0 heterocycles. The molecule has 0 bridgehead atoms. The number of nitrogens with one attached hydrogen (secondary N) is 1. The van der Waals surface area contributed by atoms with Gasteiger partial charge in [0.15, 0.2) is 0 Å². The van der Waals surface area contributed by atoms with Crippen molar-refractivity contribution in [2.75, 3.05) is 6.26 Å². The summed E-state index contributed by atoms with van der Waals surface area (Å²) in [7, 11) is -4.43. The van der Waals surface area contributed by atoms with Crippen LogP contribution in [0.2, 0.25) is 0 Å². The van der Waals surface area contributed by atoms with E-state index in [1.54, 1.807) is 11.4 Å². The first-order valence-corrected chi connectivity index (χ1v) is 13.7. The largest absolute Gasteiger partial charge is 2.00 e. The molecule has 3 rings (SSSR count). The summed E-state index contributed by atoms with van der Waals surface area (Å²) in [6.45, 7) is 14.2. The van der Waals surface area contributed by atoms with Crippen LogP contribution < -0.4 is 5.30 Å². The molecule has 7 heteroatoms. The zero-order valence-corrected chi connectivity index (χ0v) is 23.7. The Morgan fingerprint density at radius 2 is 1.33 bits per heavy atom. The average molecular weight is 579 g/mol. The molecule has 0 radical (unpaired) electrons. The van der Waals surface area contributed by atoms with Gasteiger partial charge in [-0.3, -0.25) is 0 Å². The molecule has 0 saturated heterocycles. The van der Waals surface area contributed by atoms with E-state index in [2.05, 4.69) is 71.9 Å². The van der Waals surface area contributed by atoms with Gasteiger partial charge < -0.3 is 10.3 Å². The number of hydrogen-bond acceptors (Lipinski definition) is 3. The number of rotatable bonds is 2. The zero-order valence-electron chi connectivity index (χ0n) is 20.4. The van der Waals surface area contributed by atoms with Crippen LogP contribution in [0.1, 0.15) is 41.5 Å². The maximum absolute atomic E-state index is 9.08. The molecule has 0 aromatic heterocycles. The topological polar surface area (TPSA) is 81.0 Å². The number of hydrogen-bond donors (Lipinski definition) is 0.